The third kappa shape index (κ3) is 4.01. The van der Waals surface area contributed by atoms with E-state index in [4.69, 9.17) is 0 Å². The van der Waals surface area contributed by atoms with Crippen molar-refractivity contribution in [3.63, 3.8) is 0 Å². The van der Waals surface area contributed by atoms with Gasteiger partial charge < -0.3 is 9.90 Å². The molecule has 0 saturated heterocycles. The Labute approximate surface area is 148 Å². The molecule has 1 aromatic heterocycles. The number of hydrogen-bond donors (Lipinski definition) is 1. The van der Waals surface area contributed by atoms with Gasteiger partial charge in [-0.3, -0.25) is 0 Å². The predicted molar refractivity (Wildman–Crippen MR) is 91.4 cm³/mol. The molecule has 0 aliphatic heterocycles. The first-order valence-corrected chi connectivity index (χ1v) is 9.64. The fraction of sp³-hybridized carbons (Fsp3) is 0.188. The Morgan fingerprint density at radius 1 is 1.12 bits per heavy atom. The van der Waals surface area contributed by atoms with Crippen LogP contribution in [0.2, 0.25) is 0 Å². The minimum atomic E-state index is -3.85. The van der Waals surface area contributed by atoms with Gasteiger partial charge in [0.15, 0.2) is 0 Å². The van der Waals surface area contributed by atoms with Crippen LogP contribution in [0.15, 0.2) is 53.4 Å². The molecule has 0 aliphatic carbocycles. The number of nitrogens with zero attached hydrogens (tertiary/aromatic N) is 2. The molecule has 130 valence electrons. The summed E-state index contributed by atoms with van der Waals surface area (Å²) >= 11 is 0.935. The van der Waals surface area contributed by atoms with Crippen molar-refractivity contribution < 1.29 is 18.3 Å². The van der Waals surface area contributed by atoms with E-state index in [1.54, 1.807) is 42.5 Å². The van der Waals surface area contributed by atoms with Gasteiger partial charge >= 0.3 is 0 Å². The highest BCUT2D eigenvalue weighted by molar-refractivity contribution is 7.89. The number of rotatable bonds is 7. The van der Waals surface area contributed by atoms with Crippen molar-refractivity contribution in [1.29, 1.82) is 0 Å². The van der Waals surface area contributed by atoms with Gasteiger partial charge in [0.05, 0.1) is 11.7 Å². The van der Waals surface area contributed by atoms with Crippen LogP contribution in [-0.4, -0.2) is 29.7 Å². The summed E-state index contributed by atoms with van der Waals surface area (Å²) in [5.41, 5.74) is 1.53. The first-order valence-electron chi connectivity index (χ1n) is 7.43. The summed E-state index contributed by atoms with van der Waals surface area (Å²) in [6.45, 7) is -0.0612. The van der Waals surface area contributed by atoms with E-state index >= 15 is 0 Å². The van der Waals surface area contributed by atoms with Crippen LogP contribution in [0, 0.1) is 0 Å². The maximum absolute atomic E-state index is 12.6. The molecule has 0 amide bonds. The molecule has 1 N–H and O–H groups in total. The summed E-state index contributed by atoms with van der Waals surface area (Å²) in [6.07, 6.45) is -0.283. The molecule has 9 heteroatoms. The molecule has 3 rings (SSSR count). The van der Waals surface area contributed by atoms with Gasteiger partial charge in [0.25, 0.3) is 0 Å². The van der Waals surface area contributed by atoms with Crippen LogP contribution in [0.3, 0.4) is 0 Å². The van der Waals surface area contributed by atoms with Gasteiger partial charge in [0, 0.05) is 18.4 Å². The van der Waals surface area contributed by atoms with Crippen LogP contribution < -0.4 is 9.83 Å². The molecule has 0 radical (unpaired) electrons. The maximum atomic E-state index is 12.6. The number of carboxylic acids is 1. The third-order valence-corrected chi connectivity index (χ3v) is 5.74. The zero-order valence-electron chi connectivity index (χ0n) is 13.0. The van der Waals surface area contributed by atoms with Crippen LogP contribution >= 0.6 is 11.7 Å². The molecule has 1 atom stereocenters. The van der Waals surface area contributed by atoms with Gasteiger partial charge in [-0.25, -0.2) is 13.1 Å². The monoisotopic (exact) mass is 376 g/mol. The van der Waals surface area contributed by atoms with E-state index < -0.39 is 21.9 Å². The second-order valence-electron chi connectivity index (χ2n) is 5.42. The smallest absolute Gasteiger partial charge is 0.242 e. The summed E-state index contributed by atoms with van der Waals surface area (Å²) in [5.74, 6) is -1.77. The van der Waals surface area contributed by atoms with Crippen molar-refractivity contribution in [3.05, 3.63) is 54.1 Å². The molecule has 0 spiro atoms. The van der Waals surface area contributed by atoms with E-state index in [0.717, 1.165) is 17.3 Å². The van der Waals surface area contributed by atoms with Gasteiger partial charge in [-0.1, -0.05) is 36.4 Å². The van der Waals surface area contributed by atoms with Crippen molar-refractivity contribution in [1.82, 2.24) is 13.5 Å². The molecule has 0 fully saturated rings. The topological polar surface area (TPSA) is 112 Å². The van der Waals surface area contributed by atoms with Crippen molar-refractivity contribution >= 4 is 38.8 Å². The van der Waals surface area contributed by atoms with Crippen LogP contribution in [0.4, 0.5) is 0 Å². The predicted octanol–water partition coefficient (Wildman–Crippen LogP) is 0.893. The molecule has 0 bridgehead atoms. The Balaban J connectivity index is 1.84. The summed E-state index contributed by atoms with van der Waals surface area (Å²) in [6, 6.07) is 13.6. The molecule has 3 aromatic rings. The van der Waals surface area contributed by atoms with Crippen LogP contribution in [0.5, 0.6) is 0 Å². The number of carbonyl (C=O) groups excluding carboxylic acids is 1. The molecule has 2 aromatic carbocycles. The minimum Gasteiger partial charge on any atom is -0.550 e. The molecule has 0 unspecified atom stereocenters. The molecule has 0 aliphatic rings. The number of aromatic nitrogens is 2. The largest absolute Gasteiger partial charge is 0.550 e. The Morgan fingerprint density at radius 3 is 2.60 bits per heavy atom. The minimum absolute atomic E-state index is 0.0269. The van der Waals surface area contributed by atoms with Crippen LogP contribution in [-0.2, 0) is 14.8 Å². The molecular formula is C16H14N3O4S2-. The van der Waals surface area contributed by atoms with Crippen molar-refractivity contribution in [2.75, 3.05) is 6.54 Å². The first-order chi connectivity index (χ1) is 12.0. The number of hydrogen-bond acceptors (Lipinski definition) is 7. The zero-order valence-corrected chi connectivity index (χ0v) is 14.6. The zero-order chi connectivity index (χ0) is 17.9. The van der Waals surface area contributed by atoms with E-state index in [-0.39, 0.29) is 17.9 Å². The lowest BCUT2D eigenvalue weighted by Gasteiger charge is -2.18. The highest BCUT2D eigenvalue weighted by atomic mass is 32.2. The second-order valence-corrected chi connectivity index (χ2v) is 7.69. The first kappa shape index (κ1) is 17.5. The maximum Gasteiger partial charge on any atom is 0.242 e. The average Bonchev–Trinajstić information content (AvgIpc) is 3.07. The lowest BCUT2D eigenvalue weighted by molar-refractivity contribution is -0.306. The number of benzene rings is 2. The van der Waals surface area contributed by atoms with E-state index in [1.807, 2.05) is 0 Å². The molecular weight excluding hydrogens is 362 g/mol. The van der Waals surface area contributed by atoms with Crippen LogP contribution in [0.1, 0.15) is 17.9 Å². The molecule has 25 heavy (non-hydrogen) atoms. The van der Waals surface area contributed by atoms with Gasteiger partial charge in [-0.15, -0.1) is 0 Å². The highest BCUT2D eigenvalue weighted by Gasteiger charge is 2.21. The normalized spacial score (nSPS) is 13.0. The van der Waals surface area contributed by atoms with Gasteiger partial charge in [-0.05, 0) is 24.1 Å². The Hall–Kier alpha value is -2.36. The van der Waals surface area contributed by atoms with E-state index in [1.165, 1.54) is 6.07 Å². The number of fused-ring (bicyclic) bond motifs is 1. The summed E-state index contributed by atoms with van der Waals surface area (Å²) < 4.78 is 35.8. The fourth-order valence-electron chi connectivity index (χ4n) is 2.52. The van der Waals surface area contributed by atoms with Crippen molar-refractivity contribution in [2.24, 2.45) is 0 Å². The Morgan fingerprint density at radius 2 is 1.88 bits per heavy atom. The number of nitrogens with one attached hydrogen (secondary N) is 1. The van der Waals surface area contributed by atoms with E-state index in [9.17, 15) is 18.3 Å². The lowest BCUT2D eigenvalue weighted by Crippen LogP contribution is -2.32. The Kier molecular flexibility index (Phi) is 5.07. The summed E-state index contributed by atoms with van der Waals surface area (Å²) in [7, 11) is -3.85. The number of carboxylic acid groups (broad SMARTS) is 1. The molecule has 1 heterocycles. The third-order valence-electron chi connectivity index (χ3n) is 3.74. The SMILES string of the molecule is O=C([O-])C[C@H](CNS(=O)(=O)c1cccc2nsnc12)c1ccccc1. The van der Waals surface area contributed by atoms with Gasteiger partial charge in [0.2, 0.25) is 10.0 Å². The van der Waals surface area contributed by atoms with Crippen molar-refractivity contribution in [2.45, 2.75) is 17.2 Å². The Bertz CT molecular complexity index is 987. The number of carbonyl (C=O) groups is 1. The number of aliphatic carboxylic acids is 1. The lowest BCUT2D eigenvalue weighted by atomic mass is 9.96. The van der Waals surface area contributed by atoms with Crippen LogP contribution in [0.25, 0.3) is 11.0 Å². The summed E-state index contributed by atoms with van der Waals surface area (Å²) in [4.78, 5) is 11.0. The van der Waals surface area contributed by atoms with Gasteiger partial charge in [0.1, 0.15) is 15.9 Å². The highest BCUT2D eigenvalue weighted by Crippen LogP contribution is 2.23. The molecule has 7 nitrogen and oxygen atoms in total. The quantitative estimate of drug-likeness (QED) is 0.655. The summed E-state index contributed by atoms with van der Waals surface area (Å²) in [5, 5.41) is 11.0. The van der Waals surface area contributed by atoms with Gasteiger partial charge in [-0.2, -0.15) is 8.75 Å². The molecule has 0 saturated carbocycles. The standard InChI is InChI=1S/C16H15N3O4S2/c20-15(21)9-12(11-5-2-1-3-6-11)10-17-25(22,23)14-8-4-7-13-16(14)19-24-18-13/h1-8,12,17H,9-10H2,(H,20,21)/p-1/t12-/m1/s1. The van der Waals surface area contributed by atoms with E-state index in [2.05, 4.69) is 13.5 Å². The second kappa shape index (κ2) is 7.26. The number of sulfonamides is 1. The average molecular weight is 376 g/mol. The van der Waals surface area contributed by atoms with Crippen molar-refractivity contribution in [3.8, 4) is 0 Å². The van der Waals surface area contributed by atoms with E-state index in [0.29, 0.717) is 11.0 Å². The fourth-order valence-corrected chi connectivity index (χ4v) is 4.37.